The lowest BCUT2D eigenvalue weighted by Gasteiger charge is -2.06. The van der Waals surface area contributed by atoms with E-state index in [2.05, 4.69) is 25.9 Å². The van der Waals surface area contributed by atoms with Gasteiger partial charge in [0.1, 0.15) is 11.6 Å². The molecule has 0 fully saturated rings. The van der Waals surface area contributed by atoms with Crippen molar-refractivity contribution in [2.24, 2.45) is 5.73 Å². The number of nitrogens with zero attached hydrogens (tertiary/aromatic N) is 2. The third-order valence-corrected chi connectivity index (χ3v) is 2.95. The van der Waals surface area contributed by atoms with Gasteiger partial charge in [0, 0.05) is 18.4 Å². The summed E-state index contributed by atoms with van der Waals surface area (Å²) in [6.45, 7) is 1.92. The number of nitrogens with two attached hydrogens (primary N) is 1. The van der Waals surface area contributed by atoms with Gasteiger partial charge in [-0.15, -0.1) is 0 Å². The summed E-state index contributed by atoms with van der Waals surface area (Å²) in [5.74, 6) is 0.119. The van der Waals surface area contributed by atoms with Crippen molar-refractivity contribution >= 4 is 15.9 Å². The molecule has 2 aromatic rings. The fraction of sp³-hybridized carbons (Fsp3) is 0.231. The molecule has 0 saturated carbocycles. The number of ether oxygens (including phenoxy) is 1. The Hall–Kier alpha value is -1.53. The summed E-state index contributed by atoms with van der Waals surface area (Å²) in [4.78, 5) is 8.16. The van der Waals surface area contributed by atoms with Crippen molar-refractivity contribution in [3.8, 4) is 11.8 Å². The van der Waals surface area contributed by atoms with E-state index in [1.807, 2.05) is 6.92 Å². The van der Waals surface area contributed by atoms with Crippen molar-refractivity contribution < 1.29 is 9.13 Å². The smallest absolute Gasteiger partial charge is 0.321 e. The molecule has 0 amide bonds. The highest BCUT2D eigenvalue weighted by Crippen LogP contribution is 2.24. The highest BCUT2D eigenvalue weighted by atomic mass is 79.9. The molecule has 6 heteroatoms. The first-order chi connectivity index (χ1) is 9.04. The average molecular weight is 326 g/mol. The fourth-order valence-electron chi connectivity index (χ4n) is 1.52. The Kier molecular flexibility index (Phi) is 4.44. The quantitative estimate of drug-likeness (QED) is 0.938. The predicted molar refractivity (Wildman–Crippen MR) is 73.6 cm³/mol. The van der Waals surface area contributed by atoms with Gasteiger partial charge in [-0.1, -0.05) is 0 Å². The second kappa shape index (κ2) is 6.08. The third kappa shape index (κ3) is 3.97. The monoisotopic (exact) mass is 325 g/mol. The molecule has 100 valence electrons. The van der Waals surface area contributed by atoms with Gasteiger partial charge in [-0.25, -0.2) is 14.4 Å². The van der Waals surface area contributed by atoms with E-state index >= 15 is 0 Å². The van der Waals surface area contributed by atoms with Crippen LogP contribution in [0.4, 0.5) is 4.39 Å². The van der Waals surface area contributed by atoms with Gasteiger partial charge in [0.2, 0.25) is 0 Å². The molecule has 1 aromatic heterocycles. The van der Waals surface area contributed by atoms with Gasteiger partial charge >= 0.3 is 6.01 Å². The number of hydrogen-bond acceptors (Lipinski definition) is 4. The van der Waals surface area contributed by atoms with Crippen LogP contribution in [0.15, 0.2) is 35.1 Å². The molecular weight excluding hydrogens is 313 g/mol. The second-order valence-electron chi connectivity index (χ2n) is 4.23. The van der Waals surface area contributed by atoms with Gasteiger partial charge in [0.05, 0.1) is 4.47 Å². The summed E-state index contributed by atoms with van der Waals surface area (Å²) in [5.41, 5.74) is 6.64. The van der Waals surface area contributed by atoms with Crippen LogP contribution in [0, 0.1) is 5.82 Å². The molecule has 0 aliphatic heterocycles. The van der Waals surface area contributed by atoms with Crippen LogP contribution in [0.5, 0.6) is 11.8 Å². The first kappa shape index (κ1) is 13.9. The Bertz CT molecular complexity index is 560. The van der Waals surface area contributed by atoms with Crippen LogP contribution >= 0.6 is 15.9 Å². The number of rotatable bonds is 4. The summed E-state index contributed by atoms with van der Waals surface area (Å²) in [5, 5.41) is 0. The van der Waals surface area contributed by atoms with Gasteiger partial charge in [0.15, 0.2) is 0 Å². The number of benzene rings is 1. The van der Waals surface area contributed by atoms with E-state index in [9.17, 15) is 4.39 Å². The zero-order chi connectivity index (χ0) is 13.8. The highest BCUT2D eigenvalue weighted by Gasteiger charge is 2.05. The molecule has 0 saturated heterocycles. The minimum absolute atomic E-state index is 0.0587. The topological polar surface area (TPSA) is 61.0 Å². The van der Waals surface area contributed by atoms with Crippen LogP contribution in [0.3, 0.4) is 0 Å². The lowest BCUT2D eigenvalue weighted by atomic mass is 10.1. The molecular formula is C13H13BrFN3O. The van der Waals surface area contributed by atoms with Gasteiger partial charge in [0.25, 0.3) is 0 Å². The van der Waals surface area contributed by atoms with Gasteiger partial charge in [-0.3, -0.25) is 0 Å². The number of halogens is 2. The first-order valence-electron chi connectivity index (χ1n) is 5.74. The SMILES string of the molecule is CC(N)Cc1cnc(Oc2ccc(F)c(Br)c2)nc1. The van der Waals surface area contributed by atoms with Crippen LogP contribution < -0.4 is 10.5 Å². The third-order valence-electron chi connectivity index (χ3n) is 2.34. The molecule has 4 nitrogen and oxygen atoms in total. The molecule has 1 unspecified atom stereocenters. The molecule has 1 aromatic carbocycles. The Morgan fingerprint density at radius 2 is 2.05 bits per heavy atom. The van der Waals surface area contributed by atoms with E-state index in [1.165, 1.54) is 18.2 Å². The standard InChI is InChI=1S/C13H13BrFN3O/c1-8(16)4-9-6-17-13(18-7-9)19-10-2-3-12(15)11(14)5-10/h2-3,5-8H,4,16H2,1H3. The maximum absolute atomic E-state index is 13.1. The molecule has 1 atom stereocenters. The summed E-state index contributed by atoms with van der Waals surface area (Å²) in [6, 6.07) is 4.62. The van der Waals surface area contributed by atoms with E-state index in [1.54, 1.807) is 12.4 Å². The van der Waals surface area contributed by atoms with Crippen LogP contribution in [-0.4, -0.2) is 16.0 Å². The lowest BCUT2D eigenvalue weighted by Crippen LogP contribution is -2.17. The molecule has 1 heterocycles. The number of hydrogen-bond donors (Lipinski definition) is 1. The van der Waals surface area contributed by atoms with Crippen molar-refractivity contribution in [3.05, 3.63) is 46.4 Å². The van der Waals surface area contributed by atoms with Crippen LogP contribution in [0.2, 0.25) is 0 Å². The van der Waals surface area contributed by atoms with E-state index in [-0.39, 0.29) is 17.9 Å². The minimum Gasteiger partial charge on any atom is -0.424 e. The zero-order valence-electron chi connectivity index (χ0n) is 10.3. The summed E-state index contributed by atoms with van der Waals surface area (Å²) in [7, 11) is 0. The maximum Gasteiger partial charge on any atom is 0.321 e. The summed E-state index contributed by atoms with van der Waals surface area (Å²) in [6.07, 6.45) is 4.05. The van der Waals surface area contributed by atoms with Crippen LogP contribution in [0.25, 0.3) is 0 Å². The normalized spacial score (nSPS) is 12.2. The maximum atomic E-state index is 13.1. The second-order valence-corrected chi connectivity index (χ2v) is 5.09. The largest absolute Gasteiger partial charge is 0.424 e. The Morgan fingerprint density at radius 3 is 2.63 bits per heavy atom. The summed E-state index contributed by atoms with van der Waals surface area (Å²) >= 11 is 3.09. The Morgan fingerprint density at radius 1 is 1.37 bits per heavy atom. The van der Waals surface area contributed by atoms with Crippen LogP contribution in [-0.2, 0) is 6.42 Å². The van der Waals surface area contributed by atoms with Crippen molar-refractivity contribution in [3.63, 3.8) is 0 Å². The molecule has 0 aliphatic carbocycles. The lowest BCUT2D eigenvalue weighted by molar-refractivity contribution is 0.439. The predicted octanol–water partition coefficient (Wildman–Crippen LogP) is 3.06. The molecule has 0 bridgehead atoms. The van der Waals surface area contributed by atoms with E-state index < -0.39 is 0 Å². The van der Waals surface area contributed by atoms with Gasteiger partial charge < -0.3 is 10.5 Å². The van der Waals surface area contributed by atoms with Gasteiger partial charge in [-0.05, 0) is 53.0 Å². The molecule has 0 spiro atoms. The molecule has 0 radical (unpaired) electrons. The highest BCUT2D eigenvalue weighted by molar-refractivity contribution is 9.10. The fourth-order valence-corrected chi connectivity index (χ4v) is 1.88. The molecule has 19 heavy (non-hydrogen) atoms. The molecule has 2 N–H and O–H groups in total. The minimum atomic E-state index is -0.347. The number of aromatic nitrogens is 2. The van der Waals surface area contributed by atoms with Crippen LogP contribution in [0.1, 0.15) is 12.5 Å². The van der Waals surface area contributed by atoms with E-state index in [0.29, 0.717) is 16.6 Å². The average Bonchev–Trinajstić information content (AvgIpc) is 2.36. The van der Waals surface area contributed by atoms with Crippen molar-refractivity contribution in [2.75, 3.05) is 0 Å². The van der Waals surface area contributed by atoms with Crippen molar-refractivity contribution in [2.45, 2.75) is 19.4 Å². The van der Waals surface area contributed by atoms with E-state index in [0.717, 1.165) is 5.56 Å². The van der Waals surface area contributed by atoms with Crippen molar-refractivity contribution in [1.82, 2.24) is 9.97 Å². The zero-order valence-corrected chi connectivity index (χ0v) is 11.9. The Balaban J connectivity index is 2.08. The molecule has 2 rings (SSSR count). The first-order valence-corrected chi connectivity index (χ1v) is 6.53. The van der Waals surface area contributed by atoms with Crippen molar-refractivity contribution in [1.29, 1.82) is 0 Å². The van der Waals surface area contributed by atoms with E-state index in [4.69, 9.17) is 10.5 Å². The van der Waals surface area contributed by atoms with Gasteiger partial charge in [-0.2, -0.15) is 0 Å². The summed E-state index contributed by atoms with van der Waals surface area (Å²) < 4.78 is 18.8. The molecule has 0 aliphatic rings. The Labute approximate surface area is 119 Å².